The van der Waals surface area contributed by atoms with Gasteiger partial charge >= 0.3 is 6.09 Å². The number of aldehydes is 1. The number of ether oxygens (including phenoxy) is 1. The largest absolute Gasteiger partial charge is 0.445 e. The van der Waals surface area contributed by atoms with E-state index in [2.05, 4.69) is 16.6 Å². The Labute approximate surface area is 295 Å². The van der Waals surface area contributed by atoms with Crippen molar-refractivity contribution >= 4 is 51.5 Å². The van der Waals surface area contributed by atoms with E-state index < -0.39 is 74.2 Å². The Morgan fingerprint density at radius 2 is 1.88 bits per heavy atom. The average molecular weight is 728 g/mol. The van der Waals surface area contributed by atoms with Crippen molar-refractivity contribution in [1.29, 1.82) is 0 Å². The van der Waals surface area contributed by atoms with E-state index >= 15 is 0 Å². The summed E-state index contributed by atoms with van der Waals surface area (Å²) in [4.78, 5) is 58.8. The fourth-order valence-electron chi connectivity index (χ4n) is 7.62. The van der Waals surface area contributed by atoms with Gasteiger partial charge in [0.05, 0.1) is 23.9 Å². The molecule has 2 saturated carbocycles. The first kappa shape index (κ1) is 34.4. The van der Waals surface area contributed by atoms with Gasteiger partial charge in [-0.25, -0.2) is 17.6 Å². The summed E-state index contributed by atoms with van der Waals surface area (Å²) in [5.74, 6) is -2.34. The minimum atomic E-state index is -3.86. The Morgan fingerprint density at radius 3 is 2.50 bits per heavy atom. The van der Waals surface area contributed by atoms with Crippen molar-refractivity contribution in [2.24, 2.45) is 11.8 Å². The molecular weight excluding hydrogens is 689 g/mol. The molecule has 2 aliphatic carbocycles. The van der Waals surface area contributed by atoms with Crippen LogP contribution >= 0.6 is 11.6 Å². The summed E-state index contributed by atoms with van der Waals surface area (Å²) in [5.41, 5.74) is -0.343. The van der Waals surface area contributed by atoms with Crippen molar-refractivity contribution in [3.05, 3.63) is 77.1 Å². The third kappa shape index (κ3) is 5.74. The van der Waals surface area contributed by atoms with Crippen LogP contribution in [0.2, 0.25) is 5.02 Å². The van der Waals surface area contributed by atoms with Crippen molar-refractivity contribution in [3.63, 3.8) is 0 Å². The molecule has 0 aromatic heterocycles. The number of nitrogens with one attached hydrogen (secondary N) is 2. The number of amides is 3. The maximum Gasteiger partial charge on any atom is 0.410 e. The summed E-state index contributed by atoms with van der Waals surface area (Å²) in [6, 6.07) is 9.61. The second-order valence-electron chi connectivity index (χ2n) is 14.3. The third-order valence-electron chi connectivity index (χ3n) is 10.9. The molecule has 12 nitrogen and oxygen atoms in total. The molecule has 1 unspecified atom stereocenters. The number of benzene rings is 2. The number of nitrogens with zero attached hydrogens (tertiary/aromatic N) is 3. The molecule has 6 atom stereocenters. The molecular formula is C35H39ClFN5O7S. The number of carbonyl (C=O) groups is 4. The Hall–Kier alpha value is -4.01. The van der Waals surface area contributed by atoms with Crippen LogP contribution in [-0.2, 0) is 42.2 Å². The summed E-state index contributed by atoms with van der Waals surface area (Å²) < 4.78 is 47.2. The van der Waals surface area contributed by atoms with E-state index in [1.807, 2.05) is 26.0 Å². The molecule has 5 aliphatic rings. The molecule has 3 aliphatic heterocycles. The first-order valence-corrected chi connectivity index (χ1v) is 18.7. The Morgan fingerprint density at radius 1 is 1.16 bits per heavy atom. The van der Waals surface area contributed by atoms with Crippen LogP contribution in [0.5, 0.6) is 0 Å². The van der Waals surface area contributed by atoms with E-state index in [9.17, 15) is 32.0 Å². The number of hydrogen-bond donors (Lipinski definition) is 2. The summed E-state index contributed by atoms with van der Waals surface area (Å²) in [7, 11) is -3.86. The van der Waals surface area contributed by atoms with E-state index in [4.69, 9.17) is 16.3 Å². The highest BCUT2D eigenvalue weighted by Crippen LogP contribution is 2.69. The van der Waals surface area contributed by atoms with Crippen LogP contribution in [-0.4, -0.2) is 94.9 Å². The van der Waals surface area contributed by atoms with E-state index in [1.165, 1.54) is 34.1 Å². The molecule has 4 fully saturated rings. The summed E-state index contributed by atoms with van der Waals surface area (Å²) in [6.07, 6.45) is 2.03. The molecule has 3 heterocycles. The van der Waals surface area contributed by atoms with Crippen LogP contribution in [0.25, 0.3) is 0 Å². The Bertz CT molecular complexity index is 1870. The fourth-order valence-corrected chi connectivity index (χ4v) is 9.22. The first-order chi connectivity index (χ1) is 23.8. The van der Waals surface area contributed by atoms with Crippen LogP contribution in [0.4, 0.5) is 14.9 Å². The number of sulfonamides is 1. The van der Waals surface area contributed by atoms with Crippen molar-refractivity contribution in [3.8, 4) is 0 Å². The van der Waals surface area contributed by atoms with Crippen LogP contribution in [0, 0.1) is 17.7 Å². The lowest BCUT2D eigenvalue weighted by Gasteiger charge is -2.39. The van der Waals surface area contributed by atoms with Crippen LogP contribution < -0.4 is 10.0 Å². The number of halogens is 2. The molecule has 15 heteroatoms. The van der Waals surface area contributed by atoms with Crippen LogP contribution in [0.1, 0.15) is 44.2 Å². The van der Waals surface area contributed by atoms with Crippen molar-refractivity contribution < 1.29 is 36.7 Å². The van der Waals surface area contributed by atoms with Gasteiger partial charge in [-0.1, -0.05) is 43.7 Å². The number of hydrogen-bond acceptors (Lipinski definition) is 9. The van der Waals surface area contributed by atoms with Crippen molar-refractivity contribution in [1.82, 2.24) is 19.4 Å². The summed E-state index contributed by atoms with van der Waals surface area (Å²) >= 11 is 6.36. The second kappa shape index (κ2) is 12.3. The van der Waals surface area contributed by atoms with Gasteiger partial charge in [-0.2, -0.15) is 0 Å². The molecule has 0 bridgehead atoms. The molecule has 0 spiro atoms. The minimum Gasteiger partial charge on any atom is -0.445 e. The number of carbonyl (C=O) groups excluding carboxylic acids is 4. The average Bonchev–Trinajstić information content (AvgIpc) is 4.02. The standard InChI is InChI=1S/C35H39ClFN5O7S/c1-4-27-30-35(27,32(45)39-50(47,48)25-12-13-25)42(30)31(44)29-14-24(49-33(46)40-15-21-6-5-7-28(36)26(21)17-40)16-41(29)18-34(19-43,20(2)3)38-23-10-8-22(37)9-11-23/h4-11,19-20,24-25,27,29-30,38H,1,12-18H2,2-3H3,(H,39,45)/t24-,27-,29+,30?,34+,35+,42?/m1/s1. The molecule has 2 aromatic rings. The van der Waals surface area contributed by atoms with Gasteiger partial charge in [-0.15, -0.1) is 6.58 Å². The van der Waals surface area contributed by atoms with E-state index in [0.717, 1.165) is 17.4 Å². The number of fused-ring (bicyclic) bond motifs is 2. The zero-order valence-electron chi connectivity index (χ0n) is 27.7. The molecule has 3 amide bonds. The molecule has 266 valence electrons. The fraction of sp³-hybridized carbons (Fsp3) is 0.486. The number of rotatable bonds is 12. The lowest BCUT2D eigenvalue weighted by molar-refractivity contribution is -0.138. The Kier molecular flexibility index (Phi) is 8.50. The van der Waals surface area contributed by atoms with Crippen LogP contribution in [0.15, 0.2) is 55.1 Å². The maximum atomic E-state index is 14.4. The highest BCUT2D eigenvalue weighted by atomic mass is 35.5. The molecule has 50 heavy (non-hydrogen) atoms. The van der Waals surface area contributed by atoms with Crippen LogP contribution in [0.3, 0.4) is 0 Å². The zero-order chi connectivity index (χ0) is 35.7. The van der Waals surface area contributed by atoms with Gasteiger partial charge < -0.3 is 19.7 Å². The van der Waals surface area contributed by atoms with E-state index in [-0.39, 0.29) is 32.0 Å². The first-order valence-electron chi connectivity index (χ1n) is 16.7. The predicted octanol–water partition coefficient (Wildman–Crippen LogP) is 3.45. The smallest absolute Gasteiger partial charge is 0.410 e. The van der Waals surface area contributed by atoms with Crippen molar-refractivity contribution in [2.75, 3.05) is 18.4 Å². The maximum absolute atomic E-state index is 14.4. The van der Waals surface area contributed by atoms with Gasteiger partial charge in [-0.05, 0) is 60.2 Å². The van der Waals surface area contributed by atoms with E-state index in [1.54, 1.807) is 17.0 Å². The second-order valence-corrected chi connectivity index (χ2v) is 16.6. The highest BCUT2D eigenvalue weighted by molar-refractivity contribution is 7.91. The monoisotopic (exact) mass is 727 g/mol. The van der Waals surface area contributed by atoms with Gasteiger partial charge in [0.25, 0.3) is 5.91 Å². The normalized spacial score (nSPS) is 27.9. The minimum absolute atomic E-state index is 0.0133. The number of anilines is 1. The lowest BCUT2D eigenvalue weighted by atomic mass is 9.86. The zero-order valence-corrected chi connectivity index (χ0v) is 29.3. The molecule has 2 saturated heterocycles. The highest BCUT2D eigenvalue weighted by Gasteiger charge is 2.91. The van der Waals surface area contributed by atoms with Gasteiger partial charge in [-0.3, -0.25) is 24.1 Å². The van der Waals surface area contributed by atoms with Gasteiger partial charge in [0.1, 0.15) is 23.7 Å². The van der Waals surface area contributed by atoms with Crippen molar-refractivity contribution in [2.45, 2.75) is 80.7 Å². The van der Waals surface area contributed by atoms with E-state index in [0.29, 0.717) is 30.1 Å². The topological polar surface area (TPSA) is 145 Å². The predicted molar refractivity (Wildman–Crippen MR) is 182 cm³/mol. The molecule has 2 N–H and O–H groups in total. The van der Waals surface area contributed by atoms with Gasteiger partial charge in [0.15, 0.2) is 5.54 Å². The molecule has 7 rings (SSSR count). The van der Waals surface area contributed by atoms with Gasteiger partial charge in [0, 0.05) is 42.7 Å². The molecule has 2 aromatic carbocycles. The number of likely N-dealkylation sites (tertiary alicyclic amines) is 2. The quantitative estimate of drug-likeness (QED) is 0.191. The lowest BCUT2D eigenvalue weighted by Crippen LogP contribution is -2.57. The van der Waals surface area contributed by atoms with Gasteiger partial charge in [0.2, 0.25) is 15.9 Å². The SMILES string of the molecule is C=C[C@@H]1C2N(C(=O)[C@@H]3C[C@@H](OC(=O)N4Cc5cccc(Cl)c5C4)CN3C[C@@](C=O)(Nc3ccc(F)cc3)C(C)C)[C@]21C(=O)NS(=O)(=O)C1CC1. The summed E-state index contributed by atoms with van der Waals surface area (Å²) in [5, 5.41) is 3.18. The summed E-state index contributed by atoms with van der Waals surface area (Å²) in [6.45, 7) is 8.19. The Balaban J connectivity index is 1.13. The third-order valence-corrected chi connectivity index (χ3v) is 13.1. The molecule has 0 radical (unpaired) electrons.